The summed E-state index contributed by atoms with van der Waals surface area (Å²) in [5.41, 5.74) is 3.16. The standard InChI is InChI=1S/C22H19BN4O/c23-26-13-16(14-26)15-27-21-10-11-24-12-20(21)22(25-27)17-6-8-19(9-7-17)28-18-4-2-1-3-5-18/h2,4-12,16H,13-15,23H2. The molecule has 5 rings (SSSR count). The van der Waals surface area contributed by atoms with Gasteiger partial charge in [-0.05, 0) is 55.6 Å². The molecular formula is C22H19BN4O. The zero-order valence-corrected chi connectivity index (χ0v) is 15.7. The summed E-state index contributed by atoms with van der Waals surface area (Å²) in [5, 5.41) is 6.01. The number of hydrogen-bond acceptors (Lipinski definition) is 4. The third-order valence-electron chi connectivity index (χ3n) is 5.11. The van der Waals surface area contributed by atoms with E-state index in [0.717, 1.165) is 53.3 Å². The van der Waals surface area contributed by atoms with E-state index in [0.29, 0.717) is 5.92 Å². The SMILES string of the molecule is BN1CC(Cn2nc(-c3ccc(Oc4cc#ccc4)cc3)c3cnccc32)C1. The Labute approximate surface area is 165 Å². The highest BCUT2D eigenvalue weighted by atomic mass is 16.5. The van der Waals surface area contributed by atoms with Gasteiger partial charge in [0.25, 0.3) is 0 Å². The molecule has 0 aliphatic carbocycles. The number of ether oxygens (including phenoxy) is 1. The number of rotatable bonds is 5. The maximum Gasteiger partial charge on any atom is 0.185 e. The van der Waals surface area contributed by atoms with Crippen molar-refractivity contribution in [2.45, 2.75) is 6.54 Å². The molecule has 5 nitrogen and oxygen atoms in total. The third-order valence-corrected chi connectivity index (χ3v) is 5.11. The van der Waals surface area contributed by atoms with Gasteiger partial charge in [0.1, 0.15) is 17.2 Å². The van der Waals surface area contributed by atoms with Crippen molar-refractivity contribution < 1.29 is 4.74 Å². The van der Waals surface area contributed by atoms with Crippen LogP contribution in [0.1, 0.15) is 0 Å². The first-order valence-corrected chi connectivity index (χ1v) is 9.41. The van der Waals surface area contributed by atoms with Gasteiger partial charge in [-0.15, -0.1) is 0 Å². The molecular weight excluding hydrogens is 347 g/mol. The summed E-state index contributed by atoms with van der Waals surface area (Å²) in [6.45, 7) is 3.19. The van der Waals surface area contributed by atoms with Crippen LogP contribution in [-0.2, 0) is 6.54 Å². The van der Waals surface area contributed by atoms with Crippen LogP contribution in [0.5, 0.6) is 11.5 Å². The molecule has 1 aliphatic heterocycles. The lowest BCUT2D eigenvalue weighted by atomic mass is 9.96. The predicted octanol–water partition coefficient (Wildman–Crippen LogP) is 2.97. The highest BCUT2D eigenvalue weighted by Gasteiger charge is 2.24. The van der Waals surface area contributed by atoms with E-state index in [1.54, 1.807) is 12.1 Å². The molecule has 1 fully saturated rings. The molecule has 0 N–H and O–H groups in total. The fourth-order valence-corrected chi connectivity index (χ4v) is 3.78. The summed E-state index contributed by atoms with van der Waals surface area (Å²) < 4.78 is 7.98. The zero-order valence-electron chi connectivity index (χ0n) is 15.7. The predicted molar refractivity (Wildman–Crippen MR) is 111 cm³/mol. The average Bonchev–Trinajstić information content (AvgIpc) is 3.07. The molecule has 0 unspecified atom stereocenters. The fraction of sp³-hybridized carbons (Fsp3) is 0.182. The molecule has 0 bridgehead atoms. The Hall–Kier alpha value is -3.30. The van der Waals surface area contributed by atoms with Crippen LogP contribution in [0, 0.1) is 18.1 Å². The van der Waals surface area contributed by atoms with Crippen LogP contribution in [0.4, 0.5) is 0 Å². The molecule has 6 heteroatoms. The van der Waals surface area contributed by atoms with Gasteiger partial charge in [-0.25, -0.2) is 0 Å². The van der Waals surface area contributed by atoms with Gasteiger partial charge in [0.2, 0.25) is 0 Å². The molecule has 136 valence electrons. The second-order valence-electron chi connectivity index (χ2n) is 7.31. The fourth-order valence-electron chi connectivity index (χ4n) is 3.78. The molecule has 2 aromatic heterocycles. The smallest absolute Gasteiger partial charge is 0.185 e. The van der Waals surface area contributed by atoms with E-state index in [4.69, 9.17) is 9.84 Å². The van der Waals surface area contributed by atoms with E-state index in [1.807, 2.05) is 42.7 Å². The highest BCUT2D eigenvalue weighted by molar-refractivity contribution is 6.04. The first kappa shape index (κ1) is 16.8. The topological polar surface area (TPSA) is 43.2 Å². The van der Waals surface area contributed by atoms with Crippen molar-refractivity contribution >= 4 is 18.9 Å². The second-order valence-corrected chi connectivity index (χ2v) is 7.31. The van der Waals surface area contributed by atoms with Gasteiger partial charge in [0.15, 0.2) is 7.98 Å². The van der Waals surface area contributed by atoms with E-state index in [2.05, 4.69) is 40.7 Å². The molecule has 3 heterocycles. The minimum Gasteiger partial charge on any atom is -0.457 e. The summed E-state index contributed by atoms with van der Waals surface area (Å²) in [5.74, 6) is 2.18. The van der Waals surface area contributed by atoms with E-state index in [-0.39, 0.29) is 0 Å². The molecule has 0 saturated carbocycles. The molecule has 1 aliphatic rings. The number of aromatic nitrogens is 3. The van der Waals surface area contributed by atoms with Crippen LogP contribution in [0.15, 0.2) is 60.9 Å². The normalized spacial score (nSPS) is 14.6. The first-order chi connectivity index (χ1) is 13.8. The maximum absolute atomic E-state index is 5.85. The van der Waals surface area contributed by atoms with Crippen LogP contribution in [0.3, 0.4) is 0 Å². The summed E-state index contributed by atoms with van der Waals surface area (Å²) >= 11 is 0. The van der Waals surface area contributed by atoms with Crippen molar-refractivity contribution in [3.63, 3.8) is 0 Å². The molecule has 1 saturated heterocycles. The summed E-state index contributed by atoms with van der Waals surface area (Å²) in [6.07, 6.45) is 3.74. The Kier molecular flexibility index (Phi) is 4.23. The molecule has 0 spiro atoms. The minimum atomic E-state index is 0.657. The lowest BCUT2D eigenvalue weighted by molar-refractivity contribution is 0.182. The van der Waals surface area contributed by atoms with E-state index < -0.39 is 0 Å². The minimum absolute atomic E-state index is 0.657. The van der Waals surface area contributed by atoms with Crippen LogP contribution < -0.4 is 4.74 Å². The number of pyridine rings is 1. The summed E-state index contributed by atoms with van der Waals surface area (Å²) in [6, 6.07) is 21.3. The van der Waals surface area contributed by atoms with Gasteiger partial charge in [-0.2, -0.15) is 5.10 Å². The summed E-state index contributed by atoms with van der Waals surface area (Å²) in [7, 11) is 2.16. The first-order valence-electron chi connectivity index (χ1n) is 9.41. The van der Waals surface area contributed by atoms with Crippen LogP contribution in [0.25, 0.3) is 22.2 Å². The average molecular weight is 366 g/mol. The Bertz CT molecular complexity index is 1090. The van der Waals surface area contributed by atoms with Gasteiger partial charge in [-0.3, -0.25) is 9.67 Å². The van der Waals surface area contributed by atoms with Crippen LogP contribution in [-0.4, -0.2) is 40.6 Å². The van der Waals surface area contributed by atoms with Crippen molar-refractivity contribution in [1.29, 1.82) is 0 Å². The highest BCUT2D eigenvalue weighted by Crippen LogP contribution is 2.30. The molecule has 0 atom stereocenters. The van der Waals surface area contributed by atoms with E-state index in [1.165, 1.54) is 0 Å². The second kappa shape index (κ2) is 7.03. The van der Waals surface area contributed by atoms with Gasteiger partial charge in [-0.1, -0.05) is 12.1 Å². The van der Waals surface area contributed by atoms with Gasteiger partial charge in [0.05, 0.1) is 5.52 Å². The van der Waals surface area contributed by atoms with Crippen molar-refractivity contribution in [3.8, 4) is 22.8 Å². The van der Waals surface area contributed by atoms with E-state index >= 15 is 0 Å². The molecule has 28 heavy (non-hydrogen) atoms. The number of benzene rings is 1. The third kappa shape index (κ3) is 3.21. The lowest BCUT2D eigenvalue weighted by Gasteiger charge is -2.36. The quantitative estimate of drug-likeness (QED) is 0.510. The Morgan fingerprint density at radius 2 is 1.93 bits per heavy atom. The Morgan fingerprint density at radius 3 is 2.68 bits per heavy atom. The number of nitrogens with zero attached hydrogens (tertiary/aromatic N) is 4. The zero-order chi connectivity index (χ0) is 18.9. The number of fused-ring (bicyclic) bond motifs is 1. The molecule has 2 aromatic carbocycles. The lowest BCUT2D eigenvalue weighted by Crippen LogP contribution is -2.46. The van der Waals surface area contributed by atoms with E-state index in [9.17, 15) is 0 Å². The van der Waals surface area contributed by atoms with Crippen LogP contribution in [0.2, 0.25) is 0 Å². The van der Waals surface area contributed by atoms with Crippen LogP contribution >= 0.6 is 0 Å². The van der Waals surface area contributed by atoms with Crippen molar-refractivity contribution in [1.82, 2.24) is 19.6 Å². The summed E-state index contributed by atoms with van der Waals surface area (Å²) in [4.78, 5) is 6.65. The van der Waals surface area contributed by atoms with Gasteiger partial charge < -0.3 is 9.55 Å². The molecule has 0 amide bonds. The van der Waals surface area contributed by atoms with Gasteiger partial charge in [0, 0.05) is 41.9 Å². The molecule has 4 aromatic rings. The van der Waals surface area contributed by atoms with Crippen molar-refractivity contribution in [2.75, 3.05) is 13.1 Å². The maximum atomic E-state index is 5.85. The number of hydrogen-bond donors (Lipinski definition) is 0. The Morgan fingerprint density at radius 1 is 1.07 bits per heavy atom. The van der Waals surface area contributed by atoms with Crippen molar-refractivity contribution in [2.24, 2.45) is 5.92 Å². The van der Waals surface area contributed by atoms with Crippen molar-refractivity contribution in [3.05, 3.63) is 73.1 Å². The van der Waals surface area contributed by atoms with Gasteiger partial charge >= 0.3 is 0 Å². The Balaban J connectivity index is 1.44. The molecule has 0 radical (unpaired) electrons. The largest absolute Gasteiger partial charge is 0.457 e. The monoisotopic (exact) mass is 366 g/mol.